The molecule has 13 heavy (non-hydrogen) atoms. The molecule has 2 heteroatoms. The van der Waals surface area contributed by atoms with Crippen LogP contribution in [0.4, 0.5) is 0 Å². The smallest absolute Gasteiger partial charge is 0.0701 e. The standard InChI is InChI=1S/C7H14.C4H8O2/c1-3-5-7-6-4-2;1-2-6-4-3-5-1/h3H,1,4-7H2,2H3;1-4H2. The van der Waals surface area contributed by atoms with Crippen LogP contribution in [-0.4, -0.2) is 26.4 Å². The van der Waals surface area contributed by atoms with E-state index in [1.165, 1.54) is 25.7 Å². The second kappa shape index (κ2) is 11.7. The minimum absolute atomic E-state index is 0.778. The fourth-order valence-corrected chi connectivity index (χ4v) is 0.979. The van der Waals surface area contributed by atoms with Gasteiger partial charge in [0.25, 0.3) is 0 Å². The fraction of sp³-hybridized carbons (Fsp3) is 0.818. The Bertz CT molecular complexity index is 86.8. The van der Waals surface area contributed by atoms with E-state index in [-0.39, 0.29) is 0 Å². The van der Waals surface area contributed by atoms with E-state index >= 15 is 0 Å². The molecule has 1 rings (SSSR count). The number of rotatable bonds is 4. The van der Waals surface area contributed by atoms with Crippen molar-refractivity contribution in [3.05, 3.63) is 12.7 Å². The number of ether oxygens (including phenoxy) is 2. The van der Waals surface area contributed by atoms with Crippen molar-refractivity contribution in [3.63, 3.8) is 0 Å². The molecule has 0 aromatic rings. The molecule has 1 saturated heterocycles. The van der Waals surface area contributed by atoms with Crippen molar-refractivity contribution in [2.75, 3.05) is 26.4 Å². The largest absolute Gasteiger partial charge is 0.377 e. The molecule has 0 unspecified atom stereocenters. The van der Waals surface area contributed by atoms with Crippen LogP contribution in [0.2, 0.25) is 0 Å². The van der Waals surface area contributed by atoms with E-state index in [0.29, 0.717) is 0 Å². The highest BCUT2D eigenvalue weighted by molar-refractivity contribution is 4.64. The Morgan fingerprint density at radius 1 is 1.08 bits per heavy atom. The topological polar surface area (TPSA) is 18.5 Å². The highest BCUT2D eigenvalue weighted by atomic mass is 16.6. The average molecular weight is 186 g/mol. The van der Waals surface area contributed by atoms with Gasteiger partial charge in [-0.1, -0.05) is 25.8 Å². The van der Waals surface area contributed by atoms with Gasteiger partial charge in [0.15, 0.2) is 0 Å². The molecule has 0 spiro atoms. The average Bonchev–Trinajstić information content (AvgIpc) is 2.22. The van der Waals surface area contributed by atoms with Gasteiger partial charge in [0.2, 0.25) is 0 Å². The molecule has 0 aromatic carbocycles. The van der Waals surface area contributed by atoms with Crippen molar-refractivity contribution in [3.8, 4) is 0 Å². The molecular formula is C11H22O2. The molecule has 2 nitrogen and oxygen atoms in total. The summed E-state index contributed by atoms with van der Waals surface area (Å²) in [6, 6.07) is 0. The predicted octanol–water partition coefficient (Wildman–Crippen LogP) is 2.79. The van der Waals surface area contributed by atoms with Crippen LogP contribution >= 0.6 is 0 Å². The number of hydrogen-bond acceptors (Lipinski definition) is 2. The summed E-state index contributed by atoms with van der Waals surface area (Å²) in [5.41, 5.74) is 0. The van der Waals surface area contributed by atoms with Gasteiger partial charge in [-0.2, -0.15) is 0 Å². The zero-order valence-corrected chi connectivity index (χ0v) is 8.76. The number of hydrogen-bond donors (Lipinski definition) is 0. The van der Waals surface area contributed by atoms with E-state index in [9.17, 15) is 0 Å². The lowest BCUT2D eigenvalue weighted by molar-refractivity contribution is -0.0334. The van der Waals surface area contributed by atoms with E-state index in [1.807, 2.05) is 6.08 Å². The Labute approximate surface area is 81.9 Å². The third-order valence-electron chi connectivity index (χ3n) is 1.76. The van der Waals surface area contributed by atoms with E-state index in [1.54, 1.807) is 0 Å². The van der Waals surface area contributed by atoms with E-state index in [2.05, 4.69) is 13.5 Å². The Kier molecular flexibility index (Phi) is 11.4. The first kappa shape index (κ1) is 12.7. The maximum Gasteiger partial charge on any atom is 0.0701 e. The normalized spacial score (nSPS) is 15.8. The second-order valence-corrected chi connectivity index (χ2v) is 3.01. The van der Waals surface area contributed by atoms with Crippen molar-refractivity contribution >= 4 is 0 Å². The molecule has 1 heterocycles. The van der Waals surface area contributed by atoms with Gasteiger partial charge < -0.3 is 9.47 Å². The summed E-state index contributed by atoms with van der Waals surface area (Å²) in [6.07, 6.45) is 7.16. The molecule has 78 valence electrons. The van der Waals surface area contributed by atoms with Crippen LogP contribution < -0.4 is 0 Å². The summed E-state index contributed by atoms with van der Waals surface area (Å²) >= 11 is 0. The third kappa shape index (κ3) is 11.7. The maximum absolute atomic E-state index is 4.94. The predicted molar refractivity (Wildman–Crippen MR) is 56.0 cm³/mol. The Balaban J connectivity index is 0.000000223. The second-order valence-electron chi connectivity index (χ2n) is 3.01. The van der Waals surface area contributed by atoms with Crippen molar-refractivity contribution in [2.24, 2.45) is 0 Å². The van der Waals surface area contributed by atoms with Crippen LogP contribution in [0, 0.1) is 0 Å². The lowest BCUT2D eigenvalue weighted by atomic mass is 10.2. The number of allylic oxidation sites excluding steroid dienone is 1. The zero-order chi connectivity index (χ0) is 9.78. The van der Waals surface area contributed by atoms with E-state index in [4.69, 9.17) is 9.47 Å². The van der Waals surface area contributed by atoms with E-state index in [0.717, 1.165) is 26.4 Å². The summed E-state index contributed by atoms with van der Waals surface area (Å²) in [6.45, 7) is 8.96. The first-order valence-electron chi connectivity index (χ1n) is 5.18. The van der Waals surface area contributed by atoms with Gasteiger partial charge in [0, 0.05) is 0 Å². The first-order valence-corrected chi connectivity index (χ1v) is 5.18. The van der Waals surface area contributed by atoms with Crippen LogP contribution in [0.25, 0.3) is 0 Å². The minimum Gasteiger partial charge on any atom is -0.377 e. The van der Waals surface area contributed by atoms with Gasteiger partial charge in [-0.25, -0.2) is 0 Å². The van der Waals surface area contributed by atoms with Crippen molar-refractivity contribution in [1.82, 2.24) is 0 Å². The lowest BCUT2D eigenvalue weighted by Crippen LogP contribution is -2.16. The van der Waals surface area contributed by atoms with Gasteiger partial charge >= 0.3 is 0 Å². The molecule has 0 amide bonds. The molecule has 0 aromatic heterocycles. The first-order chi connectivity index (χ1) is 6.41. The lowest BCUT2D eigenvalue weighted by Gasteiger charge is -2.09. The van der Waals surface area contributed by atoms with Gasteiger partial charge in [0.1, 0.15) is 0 Å². The molecule has 0 aliphatic carbocycles. The van der Waals surface area contributed by atoms with Gasteiger partial charge in [-0.05, 0) is 12.8 Å². The SMILES string of the molecule is C1COCCO1.C=CCCCCC. The zero-order valence-electron chi connectivity index (χ0n) is 8.76. The summed E-state index contributed by atoms with van der Waals surface area (Å²) in [7, 11) is 0. The van der Waals surface area contributed by atoms with Gasteiger partial charge in [0.05, 0.1) is 26.4 Å². The molecular weight excluding hydrogens is 164 g/mol. The molecule has 0 bridgehead atoms. The summed E-state index contributed by atoms with van der Waals surface area (Å²) in [5.74, 6) is 0. The van der Waals surface area contributed by atoms with Gasteiger partial charge in [-0.3, -0.25) is 0 Å². The molecule has 0 N–H and O–H groups in total. The van der Waals surface area contributed by atoms with Crippen LogP contribution in [0.5, 0.6) is 0 Å². The molecule has 0 radical (unpaired) electrons. The third-order valence-corrected chi connectivity index (χ3v) is 1.76. The maximum atomic E-state index is 4.94. The monoisotopic (exact) mass is 186 g/mol. The highest BCUT2D eigenvalue weighted by Gasteiger charge is 1.94. The van der Waals surface area contributed by atoms with Crippen LogP contribution in [-0.2, 0) is 9.47 Å². The van der Waals surface area contributed by atoms with Crippen LogP contribution in [0.15, 0.2) is 12.7 Å². The molecule has 0 atom stereocenters. The minimum atomic E-state index is 0.778. The fourth-order valence-electron chi connectivity index (χ4n) is 0.979. The molecule has 0 saturated carbocycles. The Morgan fingerprint density at radius 3 is 1.92 bits per heavy atom. The van der Waals surface area contributed by atoms with Crippen LogP contribution in [0.1, 0.15) is 32.6 Å². The summed E-state index contributed by atoms with van der Waals surface area (Å²) in [5, 5.41) is 0. The Morgan fingerprint density at radius 2 is 1.62 bits per heavy atom. The van der Waals surface area contributed by atoms with Crippen molar-refractivity contribution in [2.45, 2.75) is 32.6 Å². The van der Waals surface area contributed by atoms with E-state index < -0.39 is 0 Å². The molecule has 1 fully saturated rings. The molecule has 1 aliphatic heterocycles. The van der Waals surface area contributed by atoms with Crippen molar-refractivity contribution in [1.29, 1.82) is 0 Å². The molecule has 1 aliphatic rings. The highest BCUT2D eigenvalue weighted by Crippen LogP contribution is 1.97. The quantitative estimate of drug-likeness (QED) is 0.496. The van der Waals surface area contributed by atoms with Crippen LogP contribution in [0.3, 0.4) is 0 Å². The number of unbranched alkanes of at least 4 members (excludes halogenated alkanes) is 3. The van der Waals surface area contributed by atoms with Crippen molar-refractivity contribution < 1.29 is 9.47 Å². The Hall–Kier alpha value is -0.340. The summed E-state index contributed by atoms with van der Waals surface area (Å²) < 4.78 is 9.89. The van der Waals surface area contributed by atoms with Gasteiger partial charge in [-0.15, -0.1) is 6.58 Å². The summed E-state index contributed by atoms with van der Waals surface area (Å²) in [4.78, 5) is 0.